The number of primary amides is 1. The molecular formula is C29H40N2O9. The number of carbonyl (C=O) groups excluding carboxylic acids is 4. The molecule has 4 N–H and O–H groups in total. The van der Waals surface area contributed by atoms with Gasteiger partial charge < -0.3 is 35.1 Å². The molecule has 2 amide bonds. The number of fused-ring (bicyclic) bond motifs is 2. The van der Waals surface area contributed by atoms with Gasteiger partial charge in [0, 0.05) is 44.5 Å². The molecule has 0 radical (unpaired) electrons. The Morgan fingerprint density at radius 3 is 2.27 bits per heavy atom. The molecule has 0 spiro atoms. The first-order valence-electron chi connectivity index (χ1n) is 12.9. The highest BCUT2D eigenvalue weighted by Crippen LogP contribution is 2.29. The zero-order valence-electron chi connectivity index (χ0n) is 24.0. The maximum absolute atomic E-state index is 13.3. The van der Waals surface area contributed by atoms with Crippen LogP contribution in [-0.2, 0) is 33.3 Å². The van der Waals surface area contributed by atoms with E-state index in [0.29, 0.717) is 5.57 Å². The first kappa shape index (κ1) is 32.8. The third kappa shape index (κ3) is 8.31. The van der Waals surface area contributed by atoms with Crippen molar-refractivity contribution in [3.63, 3.8) is 0 Å². The normalized spacial score (nSPS) is 34.4. The second-order valence-corrected chi connectivity index (χ2v) is 10.0. The highest BCUT2D eigenvalue weighted by molar-refractivity contribution is 6.22. The van der Waals surface area contributed by atoms with Crippen LogP contribution in [0.4, 0.5) is 4.79 Å². The van der Waals surface area contributed by atoms with Gasteiger partial charge in [0.2, 0.25) is 5.78 Å². The Bertz CT molecular complexity index is 1130. The second kappa shape index (κ2) is 14.8. The third-order valence-electron chi connectivity index (χ3n) is 7.04. The minimum Gasteiger partial charge on any atom is -0.439 e. The molecule has 0 fully saturated rings. The number of nitrogens with two attached hydrogens (primary N) is 1. The summed E-state index contributed by atoms with van der Waals surface area (Å²) in [5, 5.41) is 13.7. The van der Waals surface area contributed by atoms with Crippen molar-refractivity contribution in [2.24, 2.45) is 17.6 Å². The van der Waals surface area contributed by atoms with E-state index in [-0.39, 0.29) is 29.2 Å². The van der Waals surface area contributed by atoms with Gasteiger partial charge in [-0.2, -0.15) is 0 Å². The standard InChI is InChI=1S/C29H40N2O9/c1-15-9-8-10-22(37-5)27(40-29(30)36)17(3)11-16(2)24(33)23(38-6)12-18(4)26(39-7)20-13-19(32)14-21(25(20)34)31-28(15)35/h8-11,13-14,16,18,22-24,26-27,33H,12H2,1-7H3,(H2,30,36)(H,31,35)/b10-8-,15-9-,17-11-/t16-,18+,22-,23-,24+,26-,27-/m1/s1. The molecule has 220 valence electrons. The van der Waals surface area contributed by atoms with E-state index in [1.54, 1.807) is 26.0 Å². The van der Waals surface area contributed by atoms with Gasteiger partial charge in [-0.15, -0.1) is 0 Å². The summed E-state index contributed by atoms with van der Waals surface area (Å²) < 4.78 is 22.1. The van der Waals surface area contributed by atoms with Gasteiger partial charge in [0.15, 0.2) is 11.9 Å². The molecule has 0 saturated heterocycles. The lowest BCUT2D eigenvalue weighted by Crippen LogP contribution is -2.40. The van der Waals surface area contributed by atoms with E-state index in [1.165, 1.54) is 46.5 Å². The molecule has 2 rings (SSSR count). The molecule has 1 aliphatic heterocycles. The lowest BCUT2D eigenvalue weighted by Gasteiger charge is -2.32. The maximum atomic E-state index is 13.3. The lowest BCUT2D eigenvalue weighted by atomic mass is 9.84. The van der Waals surface area contributed by atoms with Gasteiger partial charge in [-0.05, 0) is 37.8 Å². The van der Waals surface area contributed by atoms with Crippen LogP contribution in [0.2, 0.25) is 0 Å². The van der Waals surface area contributed by atoms with Crippen molar-refractivity contribution in [2.45, 2.75) is 64.6 Å². The predicted octanol–water partition coefficient (Wildman–Crippen LogP) is 2.06. The number of ether oxygens (including phenoxy) is 4. The van der Waals surface area contributed by atoms with Gasteiger partial charge in [0.1, 0.15) is 6.10 Å². The van der Waals surface area contributed by atoms with E-state index < -0.39 is 60.0 Å². The average molecular weight is 561 g/mol. The van der Waals surface area contributed by atoms with E-state index >= 15 is 0 Å². The van der Waals surface area contributed by atoms with E-state index in [2.05, 4.69) is 5.32 Å². The Labute approximate surface area is 234 Å². The third-order valence-corrected chi connectivity index (χ3v) is 7.04. The largest absolute Gasteiger partial charge is 0.439 e. The fourth-order valence-corrected chi connectivity index (χ4v) is 4.86. The molecule has 0 aromatic carbocycles. The fourth-order valence-electron chi connectivity index (χ4n) is 4.86. The number of aliphatic hydroxyl groups is 1. The maximum Gasteiger partial charge on any atom is 0.405 e. The number of amides is 2. The smallest absolute Gasteiger partial charge is 0.405 e. The van der Waals surface area contributed by atoms with Gasteiger partial charge in [-0.3, -0.25) is 14.4 Å². The minimum absolute atomic E-state index is 0.0970. The summed E-state index contributed by atoms with van der Waals surface area (Å²) in [6, 6.07) is 0. The van der Waals surface area contributed by atoms with Gasteiger partial charge in [-0.25, -0.2) is 4.79 Å². The fraction of sp³-hybridized carbons (Fsp3) is 0.517. The molecule has 0 saturated carbocycles. The molecular weight excluding hydrogens is 520 g/mol. The van der Waals surface area contributed by atoms with Gasteiger partial charge in [-0.1, -0.05) is 38.2 Å². The van der Waals surface area contributed by atoms with E-state index in [4.69, 9.17) is 24.7 Å². The molecule has 0 unspecified atom stereocenters. The van der Waals surface area contributed by atoms with Crippen LogP contribution in [0, 0.1) is 11.8 Å². The van der Waals surface area contributed by atoms with Crippen molar-refractivity contribution >= 4 is 23.6 Å². The molecule has 0 aromatic heterocycles. The van der Waals surface area contributed by atoms with Gasteiger partial charge in [0.25, 0.3) is 5.91 Å². The molecule has 40 heavy (non-hydrogen) atoms. The summed E-state index contributed by atoms with van der Waals surface area (Å²) in [4.78, 5) is 50.4. The molecule has 2 bridgehead atoms. The number of Topliss-reactive ketones (excluding diaryl/α,β-unsaturated/α-hetero) is 1. The van der Waals surface area contributed by atoms with Crippen LogP contribution in [0.15, 0.2) is 58.9 Å². The summed E-state index contributed by atoms with van der Waals surface area (Å²) >= 11 is 0. The summed E-state index contributed by atoms with van der Waals surface area (Å²) in [6.07, 6.45) is 3.68. The molecule has 7 atom stereocenters. The number of aliphatic hydroxyl groups excluding tert-OH is 1. The van der Waals surface area contributed by atoms with Crippen molar-refractivity contribution in [3.05, 3.63) is 58.9 Å². The number of nitrogens with one attached hydrogen (secondary N) is 1. The van der Waals surface area contributed by atoms with Crippen molar-refractivity contribution in [3.8, 4) is 0 Å². The number of carbonyl (C=O) groups is 4. The number of rotatable bonds is 4. The summed E-state index contributed by atoms with van der Waals surface area (Å²) in [5.41, 5.74) is 6.06. The molecule has 0 aromatic rings. The van der Waals surface area contributed by atoms with Crippen molar-refractivity contribution in [2.75, 3.05) is 21.3 Å². The molecule has 1 heterocycles. The highest BCUT2D eigenvalue weighted by atomic mass is 16.6. The summed E-state index contributed by atoms with van der Waals surface area (Å²) in [5.74, 6) is -2.44. The predicted molar refractivity (Wildman–Crippen MR) is 147 cm³/mol. The Morgan fingerprint density at radius 2 is 1.70 bits per heavy atom. The average Bonchev–Trinajstić information content (AvgIpc) is 2.90. The highest BCUT2D eigenvalue weighted by Gasteiger charge is 2.35. The first-order chi connectivity index (χ1) is 18.8. The molecule has 2 aliphatic rings. The van der Waals surface area contributed by atoms with Crippen molar-refractivity contribution in [1.82, 2.24) is 5.32 Å². The molecule has 11 nitrogen and oxygen atoms in total. The van der Waals surface area contributed by atoms with E-state index in [9.17, 15) is 24.3 Å². The molecule has 1 aliphatic carbocycles. The quantitative estimate of drug-likeness (QED) is 0.345. The molecule has 11 heteroatoms. The van der Waals surface area contributed by atoms with E-state index in [0.717, 1.165) is 6.08 Å². The van der Waals surface area contributed by atoms with Crippen LogP contribution in [0.3, 0.4) is 0 Å². The van der Waals surface area contributed by atoms with E-state index in [1.807, 2.05) is 6.92 Å². The SMILES string of the molecule is CO[C@@H]1/C=C\C=C(\C)C(=O)NC2=CC(=O)C=C(C2=O)[C@H](OC)[C@@H](C)C[C@@H](OC)[C@@H](O)[C@H](C)/C=C(/C)[C@H]1OC(N)=O. The number of ketones is 2. The Kier molecular flexibility index (Phi) is 12.2. The topological polar surface area (TPSA) is 163 Å². The Hall–Kier alpha value is -3.38. The number of allylic oxidation sites excluding steroid dienone is 5. The van der Waals surface area contributed by atoms with Crippen LogP contribution in [0.25, 0.3) is 0 Å². The van der Waals surface area contributed by atoms with Crippen LogP contribution in [0.5, 0.6) is 0 Å². The van der Waals surface area contributed by atoms with Crippen molar-refractivity contribution < 1.29 is 43.2 Å². The number of methoxy groups -OCH3 is 3. The summed E-state index contributed by atoms with van der Waals surface area (Å²) in [7, 11) is 4.31. The second-order valence-electron chi connectivity index (χ2n) is 10.0. The number of hydrogen-bond donors (Lipinski definition) is 3. The van der Waals surface area contributed by atoms with Crippen molar-refractivity contribution in [1.29, 1.82) is 0 Å². The van der Waals surface area contributed by atoms with Gasteiger partial charge in [0.05, 0.1) is 24.0 Å². The van der Waals surface area contributed by atoms with Crippen LogP contribution < -0.4 is 11.1 Å². The van der Waals surface area contributed by atoms with Crippen LogP contribution in [-0.4, -0.2) is 80.5 Å². The Morgan fingerprint density at radius 1 is 1.02 bits per heavy atom. The zero-order valence-corrected chi connectivity index (χ0v) is 24.0. The van der Waals surface area contributed by atoms with Crippen LogP contribution >= 0.6 is 0 Å². The lowest BCUT2D eigenvalue weighted by molar-refractivity contribution is -0.120. The first-order valence-corrected chi connectivity index (χ1v) is 12.9. The van der Waals surface area contributed by atoms with Crippen LogP contribution in [0.1, 0.15) is 34.1 Å². The number of hydrogen-bond acceptors (Lipinski definition) is 9. The summed E-state index contributed by atoms with van der Waals surface area (Å²) in [6.45, 7) is 6.86. The zero-order chi connectivity index (χ0) is 30.1. The minimum atomic E-state index is -1.01. The van der Waals surface area contributed by atoms with Gasteiger partial charge >= 0.3 is 6.09 Å². The monoisotopic (exact) mass is 560 g/mol. The Balaban J connectivity index is 2.62.